The van der Waals surface area contributed by atoms with E-state index in [4.69, 9.17) is 9.15 Å². The van der Waals surface area contributed by atoms with Crippen LogP contribution in [0.5, 0.6) is 5.75 Å². The van der Waals surface area contributed by atoms with Crippen LogP contribution in [0.1, 0.15) is 16.9 Å². The fraction of sp³-hybridized carbons (Fsp3) is 0.143. The topological polar surface area (TPSA) is 118 Å². The molecule has 0 fully saturated rings. The van der Waals surface area contributed by atoms with E-state index < -0.39 is 34.4 Å². The van der Waals surface area contributed by atoms with Crippen LogP contribution in [-0.4, -0.2) is 37.8 Å². The van der Waals surface area contributed by atoms with Gasteiger partial charge < -0.3 is 19.4 Å². The van der Waals surface area contributed by atoms with Crippen LogP contribution in [-0.2, 0) is 39.1 Å². The first-order chi connectivity index (χ1) is 22.3. The van der Waals surface area contributed by atoms with Gasteiger partial charge in [-0.15, -0.1) is 0 Å². The molecular weight excluding hydrogens is 609 g/mol. The molecule has 5 aromatic rings. The predicted molar refractivity (Wildman–Crippen MR) is 171 cm³/mol. The van der Waals surface area contributed by atoms with Crippen LogP contribution in [0, 0.1) is 5.82 Å². The zero-order chi connectivity index (χ0) is 32.4. The first-order valence-electron chi connectivity index (χ1n) is 14.5. The Balaban J connectivity index is 1.32. The summed E-state index contributed by atoms with van der Waals surface area (Å²) < 4.78 is 52.3. The molecule has 2 amide bonds. The number of sulfonamides is 1. The Morgan fingerprint density at radius 1 is 0.804 bits per heavy atom. The van der Waals surface area contributed by atoms with E-state index in [0.717, 1.165) is 23.3 Å². The van der Waals surface area contributed by atoms with Gasteiger partial charge in [0.15, 0.2) is 6.61 Å². The van der Waals surface area contributed by atoms with Crippen LogP contribution in [0.4, 0.5) is 10.1 Å². The fourth-order valence-corrected chi connectivity index (χ4v) is 5.77. The van der Waals surface area contributed by atoms with Crippen molar-refractivity contribution in [3.05, 3.63) is 150 Å². The summed E-state index contributed by atoms with van der Waals surface area (Å²) in [5.41, 5.74) is 1.92. The zero-order valence-corrected chi connectivity index (χ0v) is 25.5. The van der Waals surface area contributed by atoms with E-state index in [-0.39, 0.29) is 41.7 Å². The quantitative estimate of drug-likeness (QED) is 0.164. The van der Waals surface area contributed by atoms with Gasteiger partial charge in [-0.1, -0.05) is 60.7 Å². The number of nitrogens with zero attached hydrogens (tertiary/aromatic N) is 1. The molecule has 0 saturated heterocycles. The van der Waals surface area contributed by atoms with E-state index in [1.807, 2.05) is 60.7 Å². The lowest BCUT2D eigenvalue weighted by atomic mass is 10.0. The van der Waals surface area contributed by atoms with Crippen LogP contribution >= 0.6 is 0 Å². The van der Waals surface area contributed by atoms with Crippen LogP contribution in [0.2, 0.25) is 0 Å². The van der Waals surface area contributed by atoms with E-state index in [2.05, 4.69) is 10.0 Å². The third-order valence-corrected chi connectivity index (χ3v) is 8.47. The lowest BCUT2D eigenvalue weighted by Crippen LogP contribution is -2.51. The second-order valence-corrected chi connectivity index (χ2v) is 12.1. The van der Waals surface area contributed by atoms with Gasteiger partial charge in [-0.2, -0.15) is 0 Å². The van der Waals surface area contributed by atoms with E-state index in [9.17, 15) is 22.4 Å². The molecule has 0 aliphatic rings. The molecule has 5 rings (SSSR count). The molecule has 9 nitrogen and oxygen atoms in total. The molecular formula is C35H32FN3O6S. The molecule has 1 heterocycles. The molecule has 1 unspecified atom stereocenters. The Hall–Kier alpha value is -5.42. The first kappa shape index (κ1) is 32.0. The van der Waals surface area contributed by atoms with Gasteiger partial charge in [-0.25, -0.2) is 12.8 Å². The zero-order valence-electron chi connectivity index (χ0n) is 24.7. The van der Waals surface area contributed by atoms with Gasteiger partial charge in [-0.05, 0) is 71.8 Å². The number of anilines is 1. The second-order valence-electron chi connectivity index (χ2n) is 10.4. The summed E-state index contributed by atoms with van der Waals surface area (Å²) in [6.07, 6.45) is 1.78. The normalized spacial score (nSPS) is 11.8. The van der Waals surface area contributed by atoms with Gasteiger partial charge in [-0.3, -0.25) is 14.3 Å². The van der Waals surface area contributed by atoms with Gasteiger partial charge in [0.25, 0.3) is 15.9 Å². The summed E-state index contributed by atoms with van der Waals surface area (Å²) in [6, 6.07) is 31.9. The molecule has 0 bridgehead atoms. The number of nitrogens with one attached hydrogen (secondary N) is 2. The summed E-state index contributed by atoms with van der Waals surface area (Å²) in [6.45, 7) is -0.0866. The molecule has 1 aromatic heterocycles. The monoisotopic (exact) mass is 641 g/mol. The van der Waals surface area contributed by atoms with E-state index in [1.165, 1.54) is 47.6 Å². The van der Waals surface area contributed by atoms with Gasteiger partial charge in [0.1, 0.15) is 23.4 Å². The minimum atomic E-state index is -3.95. The number of amides is 2. The predicted octanol–water partition coefficient (Wildman–Crippen LogP) is 5.55. The molecule has 0 saturated carbocycles. The van der Waals surface area contributed by atoms with Crippen molar-refractivity contribution in [3.63, 3.8) is 0 Å². The Bertz CT molecular complexity index is 1820. The average molecular weight is 642 g/mol. The molecule has 46 heavy (non-hydrogen) atoms. The number of furan rings is 1. The average Bonchev–Trinajstić information content (AvgIpc) is 3.60. The third-order valence-electron chi connectivity index (χ3n) is 7.08. The number of ether oxygens (including phenoxy) is 1. The Kier molecular flexibility index (Phi) is 10.5. The number of hydrogen-bond donors (Lipinski definition) is 2. The van der Waals surface area contributed by atoms with Crippen molar-refractivity contribution in [2.45, 2.75) is 30.4 Å². The molecule has 0 aliphatic carbocycles. The van der Waals surface area contributed by atoms with E-state index in [0.29, 0.717) is 5.76 Å². The van der Waals surface area contributed by atoms with Crippen molar-refractivity contribution in [1.29, 1.82) is 0 Å². The number of rotatable bonds is 14. The van der Waals surface area contributed by atoms with Crippen molar-refractivity contribution in [2.24, 2.45) is 0 Å². The fourth-order valence-electron chi connectivity index (χ4n) is 4.71. The highest BCUT2D eigenvalue weighted by Gasteiger charge is 2.31. The first-order valence-corrected chi connectivity index (χ1v) is 15.9. The summed E-state index contributed by atoms with van der Waals surface area (Å²) in [7, 11) is -3.95. The van der Waals surface area contributed by atoms with Crippen LogP contribution in [0.3, 0.4) is 0 Å². The van der Waals surface area contributed by atoms with Crippen molar-refractivity contribution >= 4 is 27.5 Å². The summed E-state index contributed by atoms with van der Waals surface area (Å²) in [5.74, 6) is -0.437. The molecule has 236 valence electrons. The van der Waals surface area contributed by atoms with Gasteiger partial charge >= 0.3 is 0 Å². The number of halogens is 1. The smallest absolute Gasteiger partial charge is 0.261 e. The maximum atomic E-state index is 13.8. The minimum absolute atomic E-state index is 0.0441. The van der Waals surface area contributed by atoms with Crippen molar-refractivity contribution < 1.29 is 31.6 Å². The Morgan fingerprint density at radius 2 is 1.46 bits per heavy atom. The highest BCUT2D eigenvalue weighted by molar-refractivity contribution is 7.92. The Morgan fingerprint density at radius 3 is 2.09 bits per heavy atom. The van der Waals surface area contributed by atoms with Gasteiger partial charge in [0.05, 0.1) is 17.7 Å². The molecule has 0 spiro atoms. The largest absolute Gasteiger partial charge is 0.484 e. The molecule has 4 aromatic carbocycles. The maximum Gasteiger partial charge on any atom is 0.261 e. The van der Waals surface area contributed by atoms with E-state index >= 15 is 0 Å². The van der Waals surface area contributed by atoms with Crippen molar-refractivity contribution in [3.8, 4) is 5.75 Å². The van der Waals surface area contributed by atoms with Crippen LogP contribution < -0.4 is 14.8 Å². The third kappa shape index (κ3) is 8.82. The van der Waals surface area contributed by atoms with Gasteiger partial charge in [0, 0.05) is 18.7 Å². The lowest BCUT2D eigenvalue weighted by molar-refractivity contribution is -0.142. The van der Waals surface area contributed by atoms with Gasteiger partial charge in [0.2, 0.25) is 5.91 Å². The molecule has 11 heteroatoms. The summed E-state index contributed by atoms with van der Waals surface area (Å²) in [4.78, 5) is 28.9. The molecule has 2 N–H and O–H groups in total. The lowest BCUT2D eigenvalue weighted by Gasteiger charge is -2.31. The Labute approximate surface area is 266 Å². The maximum absolute atomic E-state index is 13.8. The van der Waals surface area contributed by atoms with Crippen LogP contribution in [0.25, 0.3) is 0 Å². The molecule has 0 aliphatic heterocycles. The van der Waals surface area contributed by atoms with E-state index in [1.54, 1.807) is 12.1 Å². The molecule has 1 atom stereocenters. The highest BCUT2D eigenvalue weighted by atomic mass is 32.2. The number of benzene rings is 4. The SMILES string of the molecule is O=C(NCc1ccco1)C(Cc1ccccc1)N(Cc1ccccc1)C(=O)COc1ccc(S(=O)(=O)Nc2ccc(F)cc2)cc1. The number of carbonyl (C=O) groups is 2. The number of carbonyl (C=O) groups excluding carboxylic acids is 2. The minimum Gasteiger partial charge on any atom is -0.484 e. The van der Waals surface area contributed by atoms with Crippen LogP contribution in [0.15, 0.2) is 137 Å². The number of hydrogen-bond acceptors (Lipinski definition) is 6. The molecule has 0 radical (unpaired) electrons. The standard InChI is InChI=1S/C35H32FN3O6S/c36-28-13-15-29(16-14-28)38-46(42,43)32-19-17-30(18-20-32)45-25-34(40)39(24-27-10-5-2-6-11-27)33(22-26-8-3-1-4-9-26)35(41)37-23-31-12-7-21-44-31/h1-21,33,38H,22-25H2,(H,37,41). The van der Waals surface area contributed by atoms with Crippen molar-refractivity contribution in [2.75, 3.05) is 11.3 Å². The summed E-state index contributed by atoms with van der Waals surface area (Å²) >= 11 is 0. The van der Waals surface area contributed by atoms with Crippen molar-refractivity contribution in [1.82, 2.24) is 10.2 Å². The highest BCUT2D eigenvalue weighted by Crippen LogP contribution is 2.21. The second kappa shape index (κ2) is 15.0. The summed E-state index contributed by atoms with van der Waals surface area (Å²) in [5, 5.41) is 2.89.